The quantitative estimate of drug-likeness (QED) is 0.481. The van der Waals surface area contributed by atoms with Crippen molar-refractivity contribution in [3.05, 3.63) is 53.3 Å². The Hall–Kier alpha value is -1.86. The number of nitrogens with zero attached hydrogens (tertiary/aromatic N) is 2. The Morgan fingerprint density at radius 1 is 0.645 bits per heavy atom. The van der Waals surface area contributed by atoms with Crippen molar-refractivity contribution >= 4 is 5.69 Å². The smallest absolute Gasteiger partial charge is 0.0984 e. The predicted molar refractivity (Wildman–Crippen MR) is 118 cm³/mol. The summed E-state index contributed by atoms with van der Waals surface area (Å²) in [5, 5.41) is 0. The Morgan fingerprint density at radius 2 is 1.16 bits per heavy atom. The maximum atomic E-state index is 5.46. The van der Waals surface area contributed by atoms with E-state index in [1.165, 1.54) is 22.5 Å². The first-order valence-electron chi connectivity index (χ1n) is 11.7. The van der Waals surface area contributed by atoms with Crippen LogP contribution in [0.2, 0.25) is 0 Å². The van der Waals surface area contributed by atoms with E-state index < -0.39 is 0 Å². The molecule has 31 heavy (non-hydrogen) atoms. The number of anilines is 1. The number of ether oxygens (including phenoxy) is 4. The molecule has 0 N–H and O–H groups in total. The molecule has 1 aromatic rings. The van der Waals surface area contributed by atoms with Crippen LogP contribution in [0.15, 0.2) is 47.7 Å². The minimum atomic E-state index is 0.393. The fourth-order valence-corrected chi connectivity index (χ4v) is 4.44. The lowest BCUT2D eigenvalue weighted by atomic mass is 9.95. The van der Waals surface area contributed by atoms with Gasteiger partial charge in [0, 0.05) is 37.6 Å². The van der Waals surface area contributed by atoms with Gasteiger partial charge in [-0.2, -0.15) is 0 Å². The molecule has 4 heterocycles. The van der Waals surface area contributed by atoms with Gasteiger partial charge in [-0.15, -0.1) is 0 Å². The van der Waals surface area contributed by atoms with Gasteiger partial charge in [0.15, 0.2) is 0 Å². The van der Waals surface area contributed by atoms with Gasteiger partial charge in [0.05, 0.1) is 50.8 Å². The van der Waals surface area contributed by atoms with Crippen molar-refractivity contribution in [1.82, 2.24) is 4.90 Å². The molecule has 1 aliphatic carbocycles. The van der Waals surface area contributed by atoms with Crippen molar-refractivity contribution in [2.24, 2.45) is 0 Å². The van der Waals surface area contributed by atoms with Crippen LogP contribution in [0.1, 0.15) is 18.4 Å². The summed E-state index contributed by atoms with van der Waals surface area (Å²) in [6.45, 7) is 7.54. The molecule has 0 radical (unpaired) electrons. The van der Waals surface area contributed by atoms with E-state index in [0.29, 0.717) is 24.4 Å². The van der Waals surface area contributed by atoms with E-state index in [9.17, 15) is 0 Å². The van der Waals surface area contributed by atoms with Crippen LogP contribution in [0.5, 0.6) is 0 Å². The van der Waals surface area contributed by atoms with E-state index in [1.54, 1.807) is 0 Å². The van der Waals surface area contributed by atoms with Gasteiger partial charge in [0.1, 0.15) is 0 Å². The molecule has 0 amide bonds. The average molecular weight is 425 g/mol. The van der Waals surface area contributed by atoms with Gasteiger partial charge in [-0.05, 0) is 43.0 Å². The number of benzene rings is 1. The minimum absolute atomic E-state index is 0.393. The zero-order valence-electron chi connectivity index (χ0n) is 18.1. The summed E-state index contributed by atoms with van der Waals surface area (Å²) in [7, 11) is 0. The van der Waals surface area contributed by atoms with Crippen LogP contribution in [-0.4, -0.2) is 81.9 Å². The molecule has 6 nitrogen and oxygen atoms in total. The van der Waals surface area contributed by atoms with Crippen molar-refractivity contribution in [2.45, 2.75) is 43.7 Å². The highest BCUT2D eigenvalue weighted by Crippen LogP contribution is 2.28. The number of hydrogen-bond acceptors (Lipinski definition) is 6. The lowest BCUT2D eigenvalue weighted by Gasteiger charge is -2.28. The molecule has 6 heteroatoms. The second-order valence-corrected chi connectivity index (χ2v) is 9.46. The van der Waals surface area contributed by atoms with Gasteiger partial charge < -0.3 is 28.7 Å². The fraction of sp³-hybridized carbons (Fsp3) is 0.600. The van der Waals surface area contributed by atoms with Gasteiger partial charge in [0.25, 0.3) is 0 Å². The maximum absolute atomic E-state index is 5.46. The molecule has 0 aromatic heterocycles. The number of rotatable bonds is 12. The third-order valence-corrected chi connectivity index (χ3v) is 6.66. The Balaban J connectivity index is 1.07. The van der Waals surface area contributed by atoms with Crippen molar-refractivity contribution in [3.63, 3.8) is 0 Å². The van der Waals surface area contributed by atoms with Crippen LogP contribution >= 0.6 is 0 Å². The van der Waals surface area contributed by atoms with Gasteiger partial charge in [-0.3, -0.25) is 0 Å². The molecule has 1 aromatic carbocycles. The standard InChI is InChI=1S/C25H32N2O4/c1-5-20(26(10-22-14-28-22)11-23-15-29-23)6-2-18(1)9-19-3-7-21(8-4-19)27(12-24-16-30-24)13-25-17-31-25/h1-3,5-7,22-25H,4,8-17H2. The normalized spacial score (nSPS) is 30.3. The first-order chi connectivity index (χ1) is 15.3. The zero-order chi connectivity index (χ0) is 20.6. The molecular formula is C25H32N2O4. The van der Waals surface area contributed by atoms with Crippen LogP contribution in [0.4, 0.5) is 5.69 Å². The molecule has 6 rings (SSSR count). The first kappa shape index (κ1) is 19.8. The lowest BCUT2D eigenvalue weighted by molar-refractivity contribution is 0.256. The molecule has 0 spiro atoms. The van der Waals surface area contributed by atoms with Crippen LogP contribution in [0.3, 0.4) is 0 Å². The van der Waals surface area contributed by atoms with Crippen LogP contribution in [-0.2, 0) is 25.4 Å². The molecule has 4 fully saturated rings. The largest absolute Gasteiger partial charge is 0.371 e. The highest BCUT2D eigenvalue weighted by Gasteiger charge is 2.32. The van der Waals surface area contributed by atoms with E-state index in [2.05, 4.69) is 46.2 Å². The summed E-state index contributed by atoms with van der Waals surface area (Å²) < 4.78 is 21.8. The molecular weight excluding hydrogens is 392 g/mol. The Labute approximate surface area is 184 Å². The summed E-state index contributed by atoms with van der Waals surface area (Å²) >= 11 is 0. The monoisotopic (exact) mass is 424 g/mol. The van der Waals surface area contributed by atoms with Crippen LogP contribution < -0.4 is 4.90 Å². The Kier molecular flexibility index (Phi) is 5.48. The highest BCUT2D eigenvalue weighted by molar-refractivity contribution is 5.49. The van der Waals surface area contributed by atoms with Gasteiger partial charge in [-0.25, -0.2) is 0 Å². The van der Waals surface area contributed by atoms with Crippen LogP contribution in [0, 0.1) is 0 Å². The summed E-state index contributed by atoms with van der Waals surface area (Å²) in [5.74, 6) is 0. The van der Waals surface area contributed by atoms with Gasteiger partial charge >= 0.3 is 0 Å². The maximum Gasteiger partial charge on any atom is 0.0984 e. The van der Waals surface area contributed by atoms with Gasteiger partial charge in [-0.1, -0.05) is 23.8 Å². The molecule has 5 aliphatic rings. The topological polar surface area (TPSA) is 56.6 Å². The van der Waals surface area contributed by atoms with Crippen molar-refractivity contribution in [1.29, 1.82) is 0 Å². The third-order valence-electron chi connectivity index (χ3n) is 6.66. The molecule has 166 valence electrons. The Morgan fingerprint density at radius 3 is 1.61 bits per heavy atom. The predicted octanol–water partition coefficient (Wildman–Crippen LogP) is 2.54. The Bertz CT molecular complexity index is 808. The molecule has 4 unspecified atom stereocenters. The van der Waals surface area contributed by atoms with Crippen LogP contribution in [0.25, 0.3) is 0 Å². The molecule has 0 saturated carbocycles. The molecule has 0 bridgehead atoms. The SMILES string of the molecule is C1=C(Cc2ccc(N(CC3CO3)CC3CO3)cc2)CCC(N(CC2CO2)CC2CO2)=C1. The van der Waals surface area contributed by atoms with E-state index >= 15 is 0 Å². The lowest BCUT2D eigenvalue weighted by Crippen LogP contribution is -2.31. The number of epoxide rings is 4. The second-order valence-electron chi connectivity index (χ2n) is 9.46. The molecule has 4 atom stereocenters. The number of hydrogen-bond donors (Lipinski definition) is 0. The minimum Gasteiger partial charge on any atom is -0.371 e. The van der Waals surface area contributed by atoms with E-state index in [4.69, 9.17) is 18.9 Å². The van der Waals surface area contributed by atoms with Crippen molar-refractivity contribution in [3.8, 4) is 0 Å². The highest BCUT2D eigenvalue weighted by atomic mass is 16.6. The second kappa shape index (κ2) is 8.58. The van der Waals surface area contributed by atoms with E-state index in [-0.39, 0.29) is 0 Å². The van der Waals surface area contributed by atoms with E-state index in [0.717, 1.165) is 71.9 Å². The number of allylic oxidation sites excluding steroid dienone is 4. The molecule has 4 aliphatic heterocycles. The first-order valence-corrected chi connectivity index (χ1v) is 11.7. The average Bonchev–Trinajstić information content (AvgIpc) is 3.63. The van der Waals surface area contributed by atoms with Crippen molar-refractivity contribution < 1.29 is 18.9 Å². The van der Waals surface area contributed by atoms with Gasteiger partial charge in [0.2, 0.25) is 0 Å². The summed E-state index contributed by atoms with van der Waals surface area (Å²) in [4.78, 5) is 4.90. The molecule has 4 saturated heterocycles. The third kappa shape index (κ3) is 5.69. The van der Waals surface area contributed by atoms with Crippen molar-refractivity contribution in [2.75, 3.05) is 57.5 Å². The van der Waals surface area contributed by atoms with E-state index in [1.807, 2.05) is 0 Å². The zero-order valence-corrected chi connectivity index (χ0v) is 18.1. The summed E-state index contributed by atoms with van der Waals surface area (Å²) in [6, 6.07) is 9.09. The summed E-state index contributed by atoms with van der Waals surface area (Å²) in [6.07, 6.45) is 9.55. The fourth-order valence-electron chi connectivity index (χ4n) is 4.44. The summed E-state index contributed by atoms with van der Waals surface area (Å²) in [5.41, 5.74) is 5.60.